The van der Waals surface area contributed by atoms with E-state index in [0.717, 1.165) is 88.6 Å². The van der Waals surface area contributed by atoms with Crippen LogP contribution in [0.5, 0.6) is 0 Å². The largest absolute Gasteiger partial charge is 0.463 e. The fraction of sp³-hybridized carbons (Fsp3) is 0.788. The molecule has 1 amide bonds. The third-order valence-corrected chi connectivity index (χ3v) is 8.74. The third-order valence-electron chi connectivity index (χ3n) is 8.74. The fourth-order valence-corrected chi connectivity index (χ4v) is 6.17. The van der Waals surface area contributed by atoms with Gasteiger partial charge < -0.3 is 14.6 Å². The van der Waals surface area contributed by atoms with Gasteiger partial charge in [0.15, 0.2) is 0 Å². The number of amides is 1. The normalized spacial score (nSPS) is 16.7. The Labute approximate surface area is 242 Å². The van der Waals surface area contributed by atoms with E-state index in [1.165, 1.54) is 32.1 Å². The van der Waals surface area contributed by atoms with Crippen LogP contribution in [0.1, 0.15) is 133 Å². The lowest BCUT2D eigenvalue weighted by Crippen LogP contribution is -2.52. The van der Waals surface area contributed by atoms with E-state index in [1.807, 2.05) is 10.6 Å². The minimum Gasteiger partial charge on any atom is -0.463 e. The second-order valence-electron chi connectivity index (χ2n) is 12.6. The highest BCUT2D eigenvalue weighted by Crippen LogP contribution is 2.27. The van der Waals surface area contributed by atoms with Crippen molar-refractivity contribution in [1.29, 1.82) is 0 Å². The third kappa shape index (κ3) is 9.46. The molecule has 1 aromatic heterocycles. The average molecular weight is 558 g/mol. The summed E-state index contributed by atoms with van der Waals surface area (Å²) >= 11 is 0. The van der Waals surface area contributed by atoms with Gasteiger partial charge in [-0.05, 0) is 95.9 Å². The maximum atomic E-state index is 13.8. The lowest BCUT2D eigenvalue weighted by molar-refractivity contribution is -0.150. The first-order valence-electron chi connectivity index (χ1n) is 16.2. The Morgan fingerprint density at radius 2 is 1.57 bits per heavy atom. The van der Waals surface area contributed by atoms with Crippen molar-refractivity contribution in [2.75, 3.05) is 26.2 Å². The smallest absolute Gasteiger partial charge is 0.331 e. The van der Waals surface area contributed by atoms with E-state index in [0.29, 0.717) is 25.6 Å². The Morgan fingerprint density at radius 1 is 0.950 bits per heavy atom. The van der Waals surface area contributed by atoms with Gasteiger partial charge in [-0.1, -0.05) is 58.8 Å². The number of fused-ring (bicyclic) bond motifs is 1. The number of aryl methyl sites for hydroxylation is 1. The van der Waals surface area contributed by atoms with Crippen LogP contribution in [0, 0.1) is 5.92 Å². The van der Waals surface area contributed by atoms with Gasteiger partial charge in [-0.15, -0.1) is 0 Å². The molecule has 1 saturated carbocycles. The van der Waals surface area contributed by atoms with Crippen LogP contribution in [0.2, 0.25) is 0 Å². The van der Waals surface area contributed by atoms with E-state index in [9.17, 15) is 14.4 Å². The summed E-state index contributed by atoms with van der Waals surface area (Å²) in [5.74, 6) is -0.470. The van der Waals surface area contributed by atoms with Crippen molar-refractivity contribution in [2.24, 2.45) is 5.92 Å². The number of carbonyl (C=O) groups excluding carboxylic acids is 2. The number of pyridine rings is 1. The van der Waals surface area contributed by atoms with E-state index < -0.39 is 17.4 Å². The Morgan fingerprint density at radius 3 is 2.23 bits per heavy atom. The van der Waals surface area contributed by atoms with Gasteiger partial charge >= 0.3 is 5.97 Å². The van der Waals surface area contributed by atoms with E-state index in [1.54, 1.807) is 13.8 Å². The summed E-state index contributed by atoms with van der Waals surface area (Å²) in [5.41, 5.74) is 0.955. The minimum atomic E-state index is -1.24. The molecule has 226 valence electrons. The minimum absolute atomic E-state index is 0.154. The maximum Gasteiger partial charge on any atom is 0.331 e. The highest BCUT2D eigenvalue weighted by atomic mass is 16.5. The van der Waals surface area contributed by atoms with Gasteiger partial charge in [0.05, 0.1) is 0 Å². The summed E-state index contributed by atoms with van der Waals surface area (Å²) in [6.07, 6.45) is 16.8. The monoisotopic (exact) mass is 557 g/mol. The van der Waals surface area contributed by atoms with Crippen LogP contribution in [-0.2, 0) is 28.9 Å². The number of carbonyl (C=O) groups is 2. The molecule has 1 fully saturated rings. The highest BCUT2D eigenvalue weighted by molar-refractivity contribution is 5.97. The van der Waals surface area contributed by atoms with Gasteiger partial charge in [0.2, 0.25) is 0 Å². The van der Waals surface area contributed by atoms with E-state index in [4.69, 9.17) is 4.74 Å². The number of aromatic nitrogens is 1. The Balaban J connectivity index is 1.72. The molecule has 0 aliphatic heterocycles. The molecule has 0 unspecified atom stereocenters. The molecule has 0 atom stereocenters. The summed E-state index contributed by atoms with van der Waals surface area (Å²) in [6, 6.07) is 1.82. The van der Waals surface area contributed by atoms with Crippen LogP contribution in [0.3, 0.4) is 0 Å². The number of hydrogen-bond donors (Lipinski definition) is 1. The number of nitrogens with zero attached hydrogens (tertiary/aromatic N) is 2. The lowest BCUT2D eigenvalue weighted by atomic mass is 9.88. The van der Waals surface area contributed by atoms with Crippen LogP contribution < -0.4 is 10.9 Å². The molecular weight excluding hydrogens is 502 g/mol. The van der Waals surface area contributed by atoms with Crippen LogP contribution in [0.25, 0.3) is 0 Å². The van der Waals surface area contributed by atoms with Gasteiger partial charge in [-0.2, -0.15) is 0 Å². The molecule has 7 nitrogen and oxygen atoms in total. The molecule has 1 N–H and O–H groups in total. The maximum absolute atomic E-state index is 13.8. The van der Waals surface area contributed by atoms with E-state index in [2.05, 4.69) is 24.1 Å². The first-order chi connectivity index (χ1) is 19.3. The molecule has 7 heteroatoms. The Kier molecular flexibility index (Phi) is 13.2. The molecule has 0 radical (unpaired) electrons. The Bertz CT molecular complexity index is 1000. The summed E-state index contributed by atoms with van der Waals surface area (Å²) in [4.78, 5) is 42.7. The first-order valence-corrected chi connectivity index (χ1v) is 16.2. The quantitative estimate of drug-likeness (QED) is 0.282. The lowest BCUT2D eigenvalue weighted by Gasteiger charge is -2.28. The molecule has 2 aliphatic rings. The van der Waals surface area contributed by atoms with Gasteiger partial charge in [-0.3, -0.25) is 14.5 Å². The van der Waals surface area contributed by atoms with Crippen molar-refractivity contribution < 1.29 is 14.3 Å². The second kappa shape index (κ2) is 16.3. The van der Waals surface area contributed by atoms with E-state index in [-0.39, 0.29) is 11.1 Å². The first kappa shape index (κ1) is 32.4. The molecule has 0 bridgehead atoms. The zero-order chi connectivity index (χ0) is 29.0. The molecule has 0 aromatic carbocycles. The predicted molar refractivity (Wildman–Crippen MR) is 162 cm³/mol. The van der Waals surface area contributed by atoms with Crippen LogP contribution in [0.4, 0.5) is 0 Å². The van der Waals surface area contributed by atoms with Crippen molar-refractivity contribution in [3.8, 4) is 0 Å². The van der Waals surface area contributed by atoms with Crippen LogP contribution >= 0.6 is 0 Å². The van der Waals surface area contributed by atoms with Gasteiger partial charge in [0.25, 0.3) is 11.5 Å². The number of ether oxygens (including phenoxy) is 1. The summed E-state index contributed by atoms with van der Waals surface area (Å²) < 4.78 is 7.56. The molecule has 2 aliphatic carbocycles. The van der Waals surface area contributed by atoms with E-state index >= 15 is 0 Å². The number of nitrogens with one attached hydrogen (secondary N) is 1. The van der Waals surface area contributed by atoms with Crippen LogP contribution in [-0.4, -0.2) is 53.1 Å². The number of rotatable bonds is 14. The topological polar surface area (TPSA) is 80.6 Å². The molecular formula is C33H55N3O4. The van der Waals surface area contributed by atoms with Gasteiger partial charge in [0.1, 0.15) is 17.7 Å². The van der Waals surface area contributed by atoms with Crippen molar-refractivity contribution in [1.82, 2.24) is 14.8 Å². The molecule has 1 aromatic rings. The Hall–Kier alpha value is -2.15. The molecule has 0 saturated heterocycles. The summed E-state index contributed by atoms with van der Waals surface area (Å²) in [7, 11) is 0. The van der Waals surface area contributed by atoms with Gasteiger partial charge in [0, 0.05) is 18.8 Å². The van der Waals surface area contributed by atoms with Crippen molar-refractivity contribution in [3.63, 3.8) is 0 Å². The summed E-state index contributed by atoms with van der Waals surface area (Å²) in [6.45, 7) is 11.4. The van der Waals surface area contributed by atoms with Gasteiger partial charge in [-0.25, -0.2) is 4.79 Å². The number of hydrogen-bond acceptors (Lipinski definition) is 5. The number of unbranched alkanes of at least 4 members (excludes halogenated alkanes) is 2. The van der Waals surface area contributed by atoms with Crippen molar-refractivity contribution in [2.45, 2.75) is 136 Å². The molecule has 40 heavy (non-hydrogen) atoms. The highest BCUT2D eigenvalue weighted by Gasteiger charge is 2.33. The van der Waals surface area contributed by atoms with Crippen molar-refractivity contribution in [3.05, 3.63) is 33.2 Å². The molecule has 0 spiro atoms. The standard InChI is InChI=1S/C33H55N3O4/c1-5-7-20-35(21-8-6-2)22-23-40-32(39)33(3,4)34-30(37)28-24-27-18-14-9-10-15-19-29(27)36(31(28)38)25-26-16-12-11-13-17-26/h24,26H,5-23,25H2,1-4H3,(H,34,37). The number of esters is 1. The zero-order valence-corrected chi connectivity index (χ0v) is 25.8. The average Bonchev–Trinajstić information content (AvgIpc) is 2.92. The fourth-order valence-electron chi connectivity index (χ4n) is 6.17. The zero-order valence-electron chi connectivity index (χ0n) is 25.8. The molecule has 3 rings (SSSR count). The predicted octanol–water partition coefficient (Wildman–Crippen LogP) is 6.04. The van der Waals surface area contributed by atoms with Crippen LogP contribution in [0.15, 0.2) is 10.9 Å². The SMILES string of the molecule is CCCCN(CCCC)CCOC(=O)C(C)(C)NC(=O)c1cc2c(n(CC3CCCCC3)c1=O)CCCCCC2. The van der Waals surface area contributed by atoms with Crippen molar-refractivity contribution >= 4 is 11.9 Å². The second-order valence-corrected chi connectivity index (χ2v) is 12.6. The summed E-state index contributed by atoms with van der Waals surface area (Å²) in [5, 5.41) is 2.85. The molecule has 1 heterocycles.